The molecule has 17 heavy (non-hydrogen) atoms. The maximum absolute atomic E-state index is 5.97. The van der Waals surface area contributed by atoms with Crippen molar-refractivity contribution < 1.29 is 0 Å². The SMILES string of the molecule is Clc1ccc(N2CCC[C@H]3CCCC[C@@H]32)cc1. The van der Waals surface area contributed by atoms with Crippen molar-refractivity contribution in [2.24, 2.45) is 5.92 Å². The van der Waals surface area contributed by atoms with Crippen LogP contribution >= 0.6 is 11.6 Å². The monoisotopic (exact) mass is 249 g/mol. The minimum Gasteiger partial charge on any atom is -0.368 e. The lowest BCUT2D eigenvalue weighted by molar-refractivity contribution is 0.244. The number of piperidine rings is 1. The van der Waals surface area contributed by atoms with E-state index in [2.05, 4.69) is 17.0 Å². The molecule has 2 heteroatoms. The summed E-state index contributed by atoms with van der Waals surface area (Å²) in [6.07, 6.45) is 8.46. The Morgan fingerprint density at radius 3 is 2.47 bits per heavy atom. The summed E-state index contributed by atoms with van der Waals surface area (Å²) in [5, 5.41) is 0.839. The molecule has 1 saturated carbocycles. The van der Waals surface area contributed by atoms with Crippen molar-refractivity contribution in [3.63, 3.8) is 0 Å². The highest BCUT2D eigenvalue weighted by Gasteiger charge is 2.33. The van der Waals surface area contributed by atoms with E-state index in [1.165, 1.54) is 50.8 Å². The van der Waals surface area contributed by atoms with E-state index in [1.54, 1.807) is 0 Å². The molecule has 1 saturated heterocycles. The van der Waals surface area contributed by atoms with E-state index in [0.29, 0.717) is 0 Å². The van der Waals surface area contributed by atoms with Crippen LogP contribution in [0.3, 0.4) is 0 Å². The molecule has 0 radical (unpaired) electrons. The molecule has 1 nitrogen and oxygen atoms in total. The zero-order valence-electron chi connectivity index (χ0n) is 10.2. The van der Waals surface area contributed by atoms with E-state index >= 15 is 0 Å². The van der Waals surface area contributed by atoms with Crippen molar-refractivity contribution in [1.82, 2.24) is 0 Å². The Labute approximate surface area is 109 Å². The van der Waals surface area contributed by atoms with Gasteiger partial charge in [0.2, 0.25) is 0 Å². The molecule has 1 aromatic rings. The largest absolute Gasteiger partial charge is 0.368 e. The minimum atomic E-state index is 0.790. The number of halogens is 1. The zero-order valence-corrected chi connectivity index (χ0v) is 11.0. The topological polar surface area (TPSA) is 3.24 Å². The van der Waals surface area contributed by atoms with Gasteiger partial charge in [-0.3, -0.25) is 0 Å². The van der Waals surface area contributed by atoms with Crippen LogP contribution in [0.1, 0.15) is 38.5 Å². The molecule has 3 rings (SSSR count). The van der Waals surface area contributed by atoms with Gasteiger partial charge in [0.05, 0.1) is 0 Å². The maximum Gasteiger partial charge on any atom is 0.0407 e. The average molecular weight is 250 g/mol. The Morgan fingerprint density at radius 2 is 1.65 bits per heavy atom. The summed E-state index contributed by atoms with van der Waals surface area (Å²) < 4.78 is 0. The third kappa shape index (κ3) is 2.30. The molecule has 0 amide bonds. The van der Waals surface area contributed by atoms with E-state index in [1.807, 2.05) is 12.1 Å². The molecule has 0 aromatic heterocycles. The number of hydrogen-bond acceptors (Lipinski definition) is 1. The van der Waals surface area contributed by atoms with Crippen LogP contribution in [0.2, 0.25) is 5.02 Å². The Morgan fingerprint density at radius 1 is 0.941 bits per heavy atom. The average Bonchev–Trinajstić information content (AvgIpc) is 2.39. The number of hydrogen-bond donors (Lipinski definition) is 0. The minimum absolute atomic E-state index is 0.790. The molecule has 0 unspecified atom stereocenters. The molecule has 2 aliphatic rings. The van der Waals surface area contributed by atoms with Crippen molar-refractivity contribution in [3.8, 4) is 0 Å². The summed E-state index contributed by atoms with van der Waals surface area (Å²) in [6, 6.07) is 9.18. The molecule has 1 aliphatic carbocycles. The summed E-state index contributed by atoms with van der Waals surface area (Å²) in [5.41, 5.74) is 1.37. The van der Waals surface area contributed by atoms with Crippen LogP contribution in [0, 0.1) is 5.92 Å². The van der Waals surface area contributed by atoms with Gasteiger partial charge in [0.15, 0.2) is 0 Å². The first-order valence-electron chi connectivity index (χ1n) is 6.87. The van der Waals surface area contributed by atoms with Crippen LogP contribution in [-0.4, -0.2) is 12.6 Å². The van der Waals surface area contributed by atoms with Crippen molar-refractivity contribution in [2.45, 2.75) is 44.6 Å². The summed E-state index contributed by atoms with van der Waals surface area (Å²) >= 11 is 5.97. The third-order valence-electron chi connectivity index (χ3n) is 4.40. The number of rotatable bonds is 1. The van der Waals surface area contributed by atoms with Crippen LogP contribution in [0.15, 0.2) is 24.3 Å². The molecule has 1 aromatic carbocycles. The van der Waals surface area contributed by atoms with Gasteiger partial charge in [0, 0.05) is 23.3 Å². The fourth-order valence-corrected chi connectivity index (χ4v) is 3.70. The first-order chi connectivity index (χ1) is 8.34. The highest BCUT2D eigenvalue weighted by molar-refractivity contribution is 6.30. The molecule has 0 N–H and O–H groups in total. The molecule has 2 fully saturated rings. The van der Waals surface area contributed by atoms with Gasteiger partial charge in [-0.1, -0.05) is 24.4 Å². The lowest BCUT2D eigenvalue weighted by atomic mass is 9.78. The number of benzene rings is 1. The molecule has 0 spiro atoms. The summed E-state index contributed by atoms with van der Waals surface area (Å²) in [7, 11) is 0. The summed E-state index contributed by atoms with van der Waals surface area (Å²) in [4.78, 5) is 2.63. The van der Waals surface area contributed by atoms with Gasteiger partial charge in [-0.05, 0) is 55.9 Å². The second-order valence-electron chi connectivity index (χ2n) is 5.42. The highest BCUT2D eigenvalue weighted by atomic mass is 35.5. The molecular weight excluding hydrogens is 230 g/mol. The fourth-order valence-electron chi connectivity index (χ4n) is 3.58. The fraction of sp³-hybridized carbons (Fsp3) is 0.600. The van der Waals surface area contributed by atoms with Crippen molar-refractivity contribution in [2.75, 3.05) is 11.4 Å². The first kappa shape index (κ1) is 11.4. The molecule has 1 heterocycles. The van der Waals surface area contributed by atoms with Crippen molar-refractivity contribution in [3.05, 3.63) is 29.3 Å². The van der Waals surface area contributed by atoms with E-state index in [4.69, 9.17) is 11.6 Å². The normalized spacial score (nSPS) is 28.9. The van der Waals surface area contributed by atoms with Crippen LogP contribution in [-0.2, 0) is 0 Å². The number of anilines is 1. The summed E-state index contributed by atoms with van der Waals surface area (Å²) in [5.74, 6) is 0.938. The molecule has 2 atom stereocenters. The number of nitrogens with zero attached hydrogens (tertiary/aromatic N) is 1. The predicted octanol–water partition coefficient (Wildman–Crippen LogP) is 4.50. The smallest absolute Gasteiger partial charge is 0.0407 e. The summed E-state index contributed by atoms with van der Waals surface area (Å²) in [6.45, 7) is 1.22. The Hall–Kier alpha value is -0.690. The van der Waals surface area contributed by atoms with E-state index in [9.17, 15) is 0 Å². The Bertz CT molecular complexity index is 371. The van der Waals surface area contributed by atoms with Gasteiger partial charge >= 0.3 is 0 Å². The van der Waals surface area contributed by atoms with Crippen LogP contribution in [0.25, 0.3) is 0 Å². The van der Waals surface area contributed by atoms with Gasteiger partial charge in [0.25, 0.3) is 0 Å². The van der Waals surface area contributed by atoms with Gasteiger partial charge < -0.3 is 4.90 Å². The molecule has 92 valence electrons. The van der Waals surface area contributed by atoms with Crippen LogP contribution in [0.5, 0.6) is 0 Å². The van der Waals surface area contributed by atoms with Gasteiger partial charge in [-0.2, -0.15) is 0 Å². The van der Waals surface area contributed by atoms with Crippen molar-refractivity contribution in [1.29, 1.82) is 0 Å². The van der Waals surface area contributed by atoms with Gasteiger partial charge in [-0.25, -0.2) is 0 Å². The predicted molar refractivity (Wildman–Crippen MR) is 73.8 cm³/mol. The van der Waals surface area contributed by atoms with Crippen LogP contribution in [0.4, 0.5) is 5.69 Å². The third-order valence-corrected chi connectivity index (χ3v) is 4.65. The molecular formula is C15H20ClN. The lowest BCUT2D eigenvalue weighted by Gasteiger charge is -2.45. The quantitative estimate of drug-likeness (QED) is 0.708. The standard InChI is InChI=1S/C15H20ClN/c16-13-7-9-14(10-8-13)17-11-3-5-12-4-1-2-6-15(12)17/h7-10,12,15H,1-6,11H2/t12-,15+/m1/s1. The van der Waals surface area contributed by atoms with Crippen molar-refractivity contribution >= 4 is 17.3 Å². The lowest BCUT2D eigenvalue weighted by Crippen LogP contribution is -2.46. The van der Waals surface area contributed by atoms with E-state index in [-0.39, 0.29) is 0 Å². The highest BCUT2D eigenvalue weighted by Crippen LogP contribution is 2.37. The second kappa shape index (κ2) is 4.89. The van der Waals surface area contributed by atoms with Crippen LogP contribution < -0.4 is 4.90 Å². The first-order valence-corrected chi connectivity index (χ1v) is 7.24. The number of fused-ring (bicyclic) bond motifs is 1. The van der Waals surface area contributed by atoms with Gasteiger partial charge in [-0.15, -0.1) is 0 Å². The van der Waals surface area contributed by atoms with E-state index < -0.39 is 0 Å². The molecule has 1 aliphatic heterocycles. The Balaban J connectivity index is 1.83. The van der Waals surface area contributed by atoms with E-state index in [0.717, 1.165) is 17.0 Å². The maximum atomic E-state index is 5.97. The van der Waals surface area contributed by atoms with Gasteiger partial charge in [0.1, 0.15) is 0 Å². The second-order valence-corrected chi connectivity index (χ2v) is 5.86. The Kier molecular flexibility index (Phi) is 3.28. The zero-order chi connectivity index (χ0) is 11.7. The molecule has 0 bridgehead atoms.